The van der Waals surface area contributed by atoms with Crippen LogP contribution in [0.3, 0.4) is 0 Å². The van der Waals surface area contributed by atoms with Crippen LogP contribution in [0.15, 0.2) is 53.4 Å². The Morgan fingerprint density at radius 3 is 2.65 bits per heavy atom. The molecule has 0 bridgehead atoms. The van der Waals surface area contributed by atoms with E-state index in [9.17, 15) is 18.0 Å². The van der Waals surface area contributed by atoms with Crippen LogP contribution in [0.4, 0.5) is 23.7 Å². The lowest BCUT2D eigenvalue weighted by atomic mass is 10.1. The highest BCUT2D eigenvalue weighted by molar-refractivity contribution is 7.99. The number of hydrogen-bond acceptors (Lipinski definition) is 2. The number of amides is 2. The molecule has 0 aliphatic heterocycles. The number of anilines is 1. The molecule has 2 aromatic carbocycles. The van der Waals surface area contributed by atoms with Gasteiger partial charge in [-0.2, -0.15) is 8.78 Å². The Labute approximate surface area is 136 Å². The summed E-state index contributed by atoms with van der Waals surface area (Å²) >= 11 is 0.372. The minimum Gasteiger partial charge on any atom is -0.338 e. The number of rotatable bonds is 6. The van der Waals surface area contributed by atoms with E-state index in [1.807, 2.05) is 0 Å². The fraction of sp³-hybridized carbons (Fsp3) is 0.188. The zero-order valence-electron chi connectivity index (χ0n) is 12.1. The second kappa shape index (κ2) is 8.47. The molecular formula is C16H15F3N2OS. The van der Waals surface area contributed by atoms with Crippen molar-refractivity contribution < 1.29 is 18.0 Å². The van der Waals surface area contributed by atoms with Crippen molar-refractivity contribution in [3.05, 3.63) is 59.9 Å². The lowest BCUT2D eigenvalue weighted by Crippen LogP contribution is -2.30. The largest absolute Gasteiger partial charge is 0.338 e. The number of alkyl halides is 2. The number of urea groups is 1. The summed E-state index contributed by atoms with van der Waals surface area (Å²) in [6.07, 6.45) is 0.471. The number of carbonyl (C=O) groups is 1. The predicted octanol–water partition coefficient (Wildman–Crippen LogP) is 4.50. The van der Waals surface area contributed by atoms with E-state index in [1.54, 1.807) is 30.3 Å². The quantitative estimate of drug-likeness (QED) is 0.760. The summed E-state index contributed by atoms with van der Waals surface area (Å²) in [4.78, 5) is 12.1. The van der Waals surface area contributed by atoms with E-state index in [2.05, 4.69) is 10.6 Å². The Morgan fingerprint density at radius 2 is 1.91 bits per heavy atom. The summed E-state index contributed by atoms with van der Waals surface area (Å²) in [6, 6.07) is 11.9. The van der Waals surface area contributed by atoms with Gasteiger partial charge in [0, 0.05) is 11.4 Å². The van der Waals surface area contributed by atoms with Gasteiger partial charge >= 0.3 is 6.03 Å². The van der Waals surface area contributed by atoms with Crippen molar-refractivity contribution >= 4 is 23.5 Å². The van der Waals surface area contributed by atoms with E-state index in [-0.39, 0.29) is 5.82 Å². The zero-order chi connectivity index (χ0) is 16.7. The molecule has 7 heteroatoms. The first kappa shape index (κ1) is 17.2. The number of para-hydroxylation sites is 1. The number of halogens is 3. The zero-order valence-corrected chi connectivity index (χ0v) is 12.9. The molecule has 0 radical (unpaired) electrons. The van der Waals surface area contributed by atoms with Gasteiger partial charge in [-0.3, -0.25) is 0 Å². The van der Waals surface area contributed by atoms with Gasteiger partial charge in [-0.1, -0.05) is 36.0 Å². The number of nitrogens with one attached hydrogen (secondary N) is 2. The van der Waals surface area contributed by atoms with E-state index >= 15 is 0 Å². The first-order valence-electron chi connectivity index (χ1n) is 6.88. The molecule has 0 aliphatic rings. The number of thioether (sulfide) groups is 1. The lowest BCUT2D eigenvalue weighted by Gasteiger charge is -2.11. The molecule has 2 N–H and O–H groups in total. The topological polar surface area (TPSA) is 41.1 Å². The minimum absolute atomic E-state index is 0.294. The number of carbonyl (C=O) groups excluding carboxylic acids is 1. The van der Waals surface area contributed by atoms with Crippen LogP contribution in [0.5, 0.6) is 0 Å². The third kappa shape index (κ3) is 5.86. The third-order valence-electron chi connectivity index (χ3n) is 2.94. The highest BCUT2D eigenvalue weighted by Crippen LogP contribution is 2.31. The van der Waals surface area contributed by atoms with Crippen molar-refractivity contribution in [3.63, 3.8) is 0 Å². The van der Waals surface area contributed by atoms with E-state index < -0.39 is 11.8 Å². The summed E-state index contributed by atoms with van der Waals surface area (Å²) in [5, 5.41) is 5.15. The molecule has 0 aliphatic carbocycles. The maximum Gasteiger partial charge on any atom is 0.319 e. The Balaban J connectivity index is 1.85. The fourth-order valence-corrected chi connectivity index (χ4v) is 2.54. The van der Waals surface area contributed by atoms with Crippen LogP contribution in [0, 0.1) is 5.82 Å². The second-order valence-electron chi connectivity index (χ2n) is 4.64. The first-order chi connectivity index (χ1) is 11.0. The molecule has 2 rings (SSSR count). The average molecular weight is 340 g/mol. The van der Waals surface area contributed by atoms with Crippen LogP contribution < -0.4 is 10.6 Å². The molecule has 0 fully saturated rings. The van der Waals surface area contributed by atoms with Gasteiger partial charge in [-0.15, -0.1) is 0 Å². The molecule has 0 heterocycles. The van der Waals surface area contributed by atoms with Gasteiger partial charge in [-0.25, -0.2) is 9.18 Å². The highest BCUT2D eigenvalue weighted by Gasteiger charge is 2.11. The van der Waals surface area contributed by atoms with Crippen molar-refractivity contribution in [1.29, 1.82) is 0 Å². The van der Waals surface area contributed by atoms with E-state index in [0.29, 0.717) is 35.3 Å². The fourth-order valence-electron chi connectivity index (χ4n) is 1.95. The van der Waals surface area contributed by atoms with Crippen molar-refractivity contribution in [3.8, 4) is 0 Å². The van der Waals surface area contributed by atoms with Gasteiger partial charge in [0.05, 0.1) is 5.69 Å². The molecule has 0 unspecified atom stereocenters. The van der Waals surface area contributed by atoms with Crippen molar-refractivity contribution in [2.45, 2.75) is 17.1 Å². The maximum absolute atomic E-state index is 13.0. The van der Waals surface area contributed by atoms with E-state index in [4.69, 9.17) is 0 Å². The molecule has 0 spiro atoms. The van der Waals surface area contributed by atoms with Crippen molar-refractivity contribution in [1.82, 2.24) is 5.32 Å². The summed E-state index contributed by atoms with van der Waals surface area (Å²) < 4.78 is 38.0. The van der Waals surface area contributed by atoms with Gasteiger partial charge in [0.2, 0.25) is 0 Å². The summed E-state index contributed by atoms with van der Waals surface area (Å²) in [6.45, 7) is 0.305. The molecular weight excluding hydrogens is 325 g/mol. The Hall–Kier alpha value is -2.15. The van der Waals surface area contributed by atoms with Gasteiger partial charge in [-0.05, 0) is 36.2 Å². The van der Waals surface area contributed by atoms with Crippen LogP contribution >= 0.6 is 11.8 Å². The molecule has 2 amide bonds. The Kier molecular flexibility index (Phi) is 6.34. The number of benzene rings is 2. The van der Waals surface area contributed by atoms with Gasteiger partial charge in [0.25, 0.3) is 5.76 Å². The Morgan fingerprint density at radius 1 is 1.13 bits per heavy atom. The second-order valence-corrected chi connectivity index (χ2v) is 5.67. The van der Waals surface area contributed by atoms with E-state index in [1.165, 1.54) is 18.2 Å². The molecule has 2 aromatic rings. The molecule has 122 valence electrons. The van der Waals surface area contributed by atoms with Crippen LogP contribution in [0.1, 0.15) is 5.56 Å². The van der Waals surface area contributed by atoms with Crippen LogP contribution in [0.25, 0.3) is 0 Å². The normalized spacial score (nSPS) is 10.6. The summed E-state index contributed by atoms with van der Waals surface area (Å²) in [5.74, 6) is -2.89. The van der Waals surface area contributed by atoms with Crippen LogP contribution in [-0.2, 0) is 6.42 Å². The molecule has 0 atom stereocenters. The lowest BCUT2D eigenvalue weighted by molar-refractivity contribution is 0.251. The van der Waals surface area contributed by atoms with Gasteiger partial charge in [0.15, 0.2) is 0 Å². The van der Waals surface area contributed by atoms with Crippen molar-refractivity contribution in [2.24, 2.45) is 0 Å². The van der Waals surface area contributed by atoms with Crippen LogP contribution in [0.2, 0.25) is 0 Å². The highest BCUT2D eigenvalue weighted by atomic mass is 32.2. The van der Waals surface area contributed by atoms with Gasteiger partial charge < -0.3 is 10.6 Å². The standard InChI is InChI=1S/C16H15F3N2OS/c17-12-5-3-4-11(10-12)8-9-20-16(22)21-13-6-1-2-7-14(13)23-15(18)19/h1-7,10,15H,8-9H2,(H2,20,21,22). The van der Waals surface area contributed by atoms with Crippen molar-refractivity contribution in [2.75, 3.05) is 11.9 Å². The molecule has 0 saturated heterocycles. The third-order valence-corrected chi connectivity index (χ3v) is 3.73. The summed E-state index contributed by atoms with van der Waals surface area (Å²) in [7, 11) is 0. The molecule has 0 saturated carbocycles. The maximum atomic E-state index is 13.0. The van der Waals surface area contributed by atoms with Crippen LogP contribution in [-0.4, -0.2) is 18.3 Å². The smallest absolute Gasteiger partial charge is 0.319 e. The van der Waals surface area contributed by atoms with E-state index in [0.717, 1.165) is 5.56 Å². The Bertz CT molecular complexity index is 667. The SMILES string of the molecule is O=C(NCCc1cccc(F)c1)Nc1ccccc1SC(F)F. The molecule has 23 heavy (non-hydrogen) atoms. The average Bonchev–Trinajstić information content (AvgIpc) is 2.49. The van der Waals surface area contributed by atoms with Gasteiger partial charge in [0.1, 0.15) is 5.82 Å². The molecule has 3 nitrogen and oxygen atoms in total. The predicted molar refractivity (Wildman–Crippen MR) is 85.4 cm³/mol. The minimum atomic E-state index is -2.56. The monoisotopic (exact) mass is 340 g/mol. The molecule has 0 aromatic heterocycles. The first-order valence-corrected chi connectivity index (χ1v) is 7.75. The number of hydrogen-bond donors (Lipinski definition) is 2. The summed E-state index contributed by atoms with van der Waals surface area (Å²) in [5.41, 5.74) is 1.08.